The number of hydrogen-bond donors (Lipinski definition) is 2. The number of hydrogen-bond acceptors (Lipinski definition) is 9. The molecule has 0 aromatic heterocycles. The second kappa shape index (κ2) is 17.1. The molecular weight excluding hydrogens is 510 g/mol. The molecule has 3 atom stereocenters. The van der Waals surface area contributed by atoms with Crippen molar-refractivity contribution in [3.63, 3.8) is 0 Å². The van der Waals surface area contributed by atoms with Crippen molar-refractivity contribution in [2.75, 3.05) is 6.61 Å². The number of aliphatic carboxylic acids is 2. The third kappa shape index (κ3) is 14.2. The van der Waals surface area contributed by atoms with Crippen molar-refractivity contribution in [3.8, 4) is 11.8 Å². The number of carboxylic acid groups (broad SMARTS) is 2. The summed E-state index contributed by atoms with van der Waals surface area (Å²) >= 11 is 0. The smallest absolute Gasteiger partial charge is 0.302 e. The molecule has 210 valence electrons. The molecule has 2 aromatic rings. The van der Waals surface area contributed by atoms with E-state index < -0.39 is 24.0 Å². The third-order valence-corrected chi connectivity index (χ3v) is 4.92. The summed E-state index contributed by atoms with van der Waals surface area (Å²) in [5, 5.41) is 24.3. The minimum absolute atomic E-state index is 0.0872. The van der Waals surface area contributed by atoms with Crippen molar-refractivity contribution in [3.05, 3.63) is 65.2 Å². The highest BCUT2D eigenvalue weighted by Crippen LogP contribution is 2.34. The number of carbonyl (C=O) groups is 4. The van der Waals surface area contributed by atoms with Crippen LogP contribution in [0.5, 0.6) is 5.75 Å². The van der Waals surface area contributed by atoms with Gasteiger partial charge in [0, 0.05) is 46.1 Å². The number of carbonyl (C=O) groups excluding carboxylic acids is 2. The normalized spacial score (nSPS) is 17.5. The molecule has 0 bridgehead atoms. The summed E-state index contributed by atoms with van der Waals surface area (Å²) in [7, 11) is 0. The van der Waals surface area contributed by atoms with E-state index in [1.54, 1.807) is 6.07 Å². The summed E-state index contributed by atoms with van der Waals surface area (Å²) < 4.78 is 22.5. The number of ether oxygens (including phenoxy) is 4. The molecule has 3 rings (SSSR count). The lowest BCUT2D eigenvalue weighted by atomic mass is 9.94. The highest BCUT2D eigenvalue weighted by Gasteiger charge is 2.33. The van der Waals surface area contributed by atoms with Gasteiger partial charge in [0.2, 0.25) is 0 Å². The van der Waals surface area contributed by atoms with Crippen molar-refractivity contribution in [1.82, 2.24) is 0 Å². The lowest BCUT2D eigenvalue weighted by molar-refractivity contribution is -0.169. The quantitative estimate of drug-likeness (QED) is 0.483. The van der Waals surface area contributed by atoms with Gasteiger partial charge < -0.3 is 29.2 Å². The Labute approximate surface area is 226 Å². The second-order valence-corrected chi connectivity index (χ2v) is 8.42. The van der Waals surface area contributed by atoms with Gasteiger partial charge in [-0.15, -0.1) is 0 Å². The predicted molar refractivity (Wildman–Crippen MR) is 138 cm³/mol. The summed E-state index contributed by atoms with van der Waals surface area (Å²) in [5.74, 6) is -1.72. The number of benzene rings is 2. The van der Waals surface area contributed by atoms with Crippen molar-refractivity contribution < 1.29 is 48.3 Å². The number of carboxylic acids is 2. The standard InChI is InChI=1S/C24H25NO6.2C2H4O2/c1-16(26)28-15-23-11-22(30-17(2)27)12-24(31-23)18-8-9-19(13-25)20(10-18)14-29-21-6-4-3-5-7-21;2*1-2(3)4/h3-10,22-24H,11-12,14-15H2,1-2H3;2*1H3,(H,3,4). The Morgan fingerprint density at radius 1 is 0.949 bits per heavy atom. The molecule has 11 heteroatoms. The average Bonchev–Trinajstić information content (AvgIpc) is 2.85. The van der Waals surface area contributed by atoms with Crippen molar-refractivity contribution in [1.29, 1.82) is 5.26 Å². The highest BCUT2D eigenvalue weighted by atomic mass is 16.6. The number of rotatable bonds is 7. The van der Waals surface area contributed by atoms with Crippen LogP contribution >= 0.6 is 0 Å². The van der Waals surface area contributed by atoms with Crippen molar-refractivity contribution in [2.24, 2.45) is 0 Å². The fraction of sp³-hybridized carbons (Fsp3) is 0.393. The van der Waals surface area contributed by atoms with E-state index in [-0.39, 0.29) is 31.4 Å². The first-order valence-electron chi connectivity index (χ1n) is 12.0. The van der Waals surface area contributed by atoms with Gasteiger partial charge >= 0.3 is 11.9 Å². The molecule has 0 radical (unpaired) electrons. The number of nitrogens with zero attached hydrogens (tertiary/aromatic N) is 1. The van der Waals surface area contributed by atoms with Gasteiger partial charge in [0.05, 0.1) is 23.8 Å². The summed E-state index contributed by atoms with van der Waals surface area (Å²) in [6, 6.07) is 17.0. The third-order valence-electron chi connectivity index (χ3n) is 4.92. The van der Waals surface area contributed by atoms with Crippen LogP contribution in [-0.4, -0.2) is 52.9 Å². The van der Waals surface area contributed by atoms with Gasteiger partial charge in [0.1, 0.15) is 25.1 Å². The molecule has 3 unspecified atom stereocenters. The molecule has 0 spiro atoms. The molecule has 1 saturated heterocycles. The first-order chi connectivity index (χ1) is 18.4. The van der Waals surface area contributed by atoms with Gasteiger partial charge in [-0.05, 0) is 29.8 Å². The van der Waals surface area contributed by atoms with E-state index in [0.717, 1.165) is 25.0 Å². The molecule has 1 heterocycles. The molecule has 2 aromatic carbocycles. The van der Waals surface area contributed by atoms with Crippen LogP contribution < -0.4 is 4.74 Å². The highest BCUT2D eigenvalue weighted by molar-refractivity contribution is 5.66. The first kappa shape index (κ1) is 32.6. The molecule has 11 nitrogen and oxygen atoms in total. The molecule has 1 fully saturated rings. The number of para-hydroxylation sites is 1. The molecule has 1 aliphatic heterocycles. The van der Waals surface area contributed by atoms with Gasteiger partial charge in [-0.1, -0.05) is 24.3 Å². The topological polar surface area (TPSA) is 169 Å². The Hall–Kier alpha value is -4.43. The zero-order valence-electron chi connectivity index (χ0n) is 22.3. The van der Waals surface area contributed by atoms with Gasteiger partial charge in [-0.2, -0.15) is 5.26 Å². The largest absolute Gasteiger partial charge is 0.489 e. The van der Waals surface area contributed by atoms with E-state index >= 15 is 0 Å². The maximum Gasteiger partial charge on any atom is 0.302 e. The van der Waals surface area contributed by atoms with Crippen LogP contribution in [0.15, 0.2) is 48.5 Å². The Kier molecular flexibility index (Phi) is 14.3. The fourth-order valence-electron chi connectivity index (χ4n) is 3.56. The second-order valence-electron chi connectivity index (χ2n) is 8.42. The fourth-order valence-corrected chi connectivity index (χ4v) is 3.56. The Bertz CT molecular complexity index is 1120. The van der Waals surface area contributed by atoms with Crippen LogP contribution in [0.4, 0.5) is 0 Å². The van der Waals surface area contributed by atoms with Gasteiger partial charge in [-0.25, -0.2) is 0 Å². The van der Waals surface area contributed by atoms with Gasteiger partial charge in [0.15, 0.2) is 0 Å². The summed E-state index contributed by atoms with van der Waals surface area (Å²) in [5.41, 5.74) is 2.09. The summed E-state index contributed by atoms with van der Waals surface area (Å²) in [6.07, 6.45) is -0.199. The predicted octanol–water partition coefficient (Wildman–Crippen LogP) is 4.03. The maximum atomic E-state index is 11.5. The Morgan fingerprint density at radius 3 is 2.10 bits per heavy atom. The van der Waals surface area contributed by atoms with Crippen molar-refractivity contribution in [2.45, 2.75) is 65.5 Å². The molecular formula is C28H33NO10. The zero-order valence-corrected chi connectivity index (χ0v) is 22.3. The van der Waals surface area contributed by atoms with E-state index in [4.69, 9.17) is 38.7 Å². The van der Waals surface area contributed by atoms with Crippen LogP contribution in [0, 0.1) is 11.3 Å². The minimum Gasteiger partial charge on any atom is -0.489 e. The lowest BCUT2D eigenvalue weighted by Gasteiger charge is -2.35. The molecule has 0 aliphatic carbocycles. The van der Waals surface area contributed by atoms with E-state index in [9.17, 15) is 14.9 Å². The van der Waals surface area contributed by atoms with Crippen LogP contribution in [0.3, 0.4) is 0 Å². The van der Waals surface area contributed by atoms with Gasteiger partial charge in [-0.3, -0.25) is 19.2 Å². The van der Waals surface area contributed by atoms with Crippen LogP contribution in [-0.2, 0) is 40.0 Å². The van der Waals surface area contributed by atoms with E-state index in [0.29, 0.717) is 24.2 Å². The molecule has 2 N–H and O–H groups in total. The SMILES string of the molecule is CC(=O)O.CC(=O)O.CC(=O)OCC1CC(OC(C)=O)CC(c2ccc(C#N)c(COc3ccccc3)c2)O1. The molecule has 0 saturated carbocycles. The Balaban J connectivity index is 0.000000838. The first-order valence-corrected chi connectivity index (χ1v) is 12.0. The monoisotopic (exact) mass is 543 g/mol. The van der Waals surface area contributed by atoms with Gasteiger partial charge in [0.25, 0.3) is 11.9 Å². The van der Waals surface area contributed by atoms with Crippen LogP contribution in [0.1, 0.15) is 63.3 Å². The minimum atomic E-state index is -0.833. The molecule has 1 aliphatic rings. The number of nitriles is 1. The average molecular weight is 544 g/mol. The lowest BCUT2D eigenvalue weighted by Crippen LogP contribution is -2.36. The Morgan fingerprint density at radius 2 is 1.56 bits per heavy atom. The molecule has 0 amide bonds. The number of esters is 2. The van der Waals surface area contributed by atoms with Crippen LogP contribution in [0.25, 0.3) is 0 Å². The van der Waals surface area contributed by atoms with E-state index in [1.165, 1.54) is 13.8 Å². The maximum absolute atomic E-state index is 11.5. The summed E-state index contributed by atoms with van der Waals surface area (Å²) in [4.78, 5) is 40.7. The summed E-state index contributed by atoms with van der Waals surface area (Å²) in [6.45, 7) is 5.19. The van der Waals surface area contributed by atoms with E-state index in [2.05, 4.69) is 6.07 Å². The molecule has 39 heavy (non-hydrogen) atoms. The van der Waals surface area contributed by atoms with Crippen LogP contribution in [0.2, 0.25) is 0 Å². The van der Waals surface area contributed by atoms with Crippen molar-refractivity contribution >= 4 is 23.9 Å². The zero-order chi connectivity index (χ0) is 29.4. The van der Waals surface area contributed by atoms with E-state index in [1.807, 2.05) is 42.5 Å².